The van der Waals surface area contributed by atoms with E-state index in [2.05, 4.69) is 45.5 Å². The molecule has 3 heteroatoms. The van der Waals surface area contributed by atoms with Gasteiger partial charge in [0.05, 0.1) is 6.10 Å². The first-order valence-electron chi connectivity index (χ1n) is 7.41. The fraction of sp³-hybridized carbons (Fsp3) is 0.625. The summed E-state index contributed by atoms with van der Waals surface area (Å²) in [6, 6.07) is 9.14. The molecule has 0 atom stereocenters. The van der Waals surface area contributed by atoms with Crippen LogP contribution >= 0.6 is 15.9 Å². The fourth-order valence-electron chi connectivity index (χ4n) is 4.83. The number of hydrogen-bond acceptors (Lipinski definition) is 2. The Bertz CT molecular complexity index is 442. The van der Waals surface area contributed by atoms with Crippen molar-refractivity contribution in [3.8, 4) is 0 Å². The van der Waals surface area contributed by atoms with Crippen LogP contribution in [0.25, 0.3) is 0 Å². The molecule has 0 aliphatic heterocycles. The Morgan fingerprint density at radius 3 is 1.95 bits per heavy atom. The van der Waals surface area contributed by atoms with Crippen LogP contribution in [0.1, 0.15) is 25.7 Å². The van der Waals surface area contributed by atoms with E-state index in [9.17, 15) is 5.11 Å². The van der Waals surface area contributed by atoms with Crippen LogP contribution in [0.4, 0.5) is 5.69 Å². The molecule has 4 fully saturated rings. The van der Waals surface area contributed by atoms with Crippen LogP contribution < -0.4 is 5.32 Å². The minimum atomic E-state index is 0.00105. The van der Waals surface area contributed by atoms with Gasteiger partial charge in [-0.3, -0.25) is 0 Å². The van der Waals surface area contributed by atoms with Crippen LogP contribution in [0.3, 0.4) is 0 Å². The first-order chi connectivity index (χ1) is 9.20. The average molecular weight is 322 g/mol. The van der Waals surface area contributed by atoms with Crippen molar-refractivity contribution in [2.75, 3.05) is 5.32 Å². The zero-order chi connectivity index (χ0) is 13.0. The summed E-state index contributed by atoms with van der Waals surface area (Å²) in [4.78, 5) is 0. The molecule has 4 saturated carbocycles. The number of benzene rings is 1. The highest BCUT2D eigenvalue weighted by atomic mass is 79.9. The van der Waals surface area contributed by atoms with Gasteiger partial charge in [-0.15, -0.1) is 0 Å². The predicted octanol–water partition coefficient (Wildman–Crippen LogP) is 3.66. The molecule has 0 heterocycles. The molecule has 0 radical (unpaired) electrons. The number of aliphatic hydroxyl groups excluding tert-OH is 1. The number of hydrogen-bond donors (Lipinski definition) is 2. The smallest absolute Gasteiger partial charge is 0.0597 e. The van der Waals surface area contributed by atoms with Crippen molar-refractivity contribution in [3.63, 3.8) is 0 Å². The Morgan fingerprint density at radius 1 is 0.895 bits per heavy atom. The van der Waals surface area contributed by atoms with Crippen molar-refractivity contribution < 1.29 is 5.11 Å². The number of aliphatic hydroxyl groups is 1. The summed E-state index contributed by atoms with van der Waals surface area (Å²) in [5.41, 5.74) is 1.24. The predicted molar refractivity (Wildman–Crippen MR) is 80.0 cm³/mol. The highest BCUT2D eigenvalue weighted by Crippen LogP contribution is 2.54. The van der Waals surface area contributed by atoms with E-state index >= 15 is 0 Å². The number of nitrogens with one attached hydrogen (secondary N) is 1. The summed E-state index contributed by atoms with van der Waals surface area (Å²) in [7, 11) is 0. The lowest BCUT2D eigenvalue weighted by atomic mass is 9.53. The lowest BCUT2D eigenvalue weighted by Crippen LogP contribution is -2.57. The second-order valence-corrected chi connectivity index (χ2v) is 7.57. The van der Waals surface area contributed by atoms with Gasteiger partial charge in [-0.1, -0.05) is 15.9 Å². The van der Waals surface area contributed by atoms with E-state index in [0.29, 0.717) is 17.9 Å². The van der Waals surface area contributed by atoms with Gasteiger partial charge in [-0.05, 0) is 73.6 Å². The van der Waals surface area contributed by atoms with Crippen molar-refractivity contribution in [2.45, 2.75) is 37.8 Å². The summed E-state index contributed by atoms with van der Waals surface area (Å²) >= 11 is 3.48. The van der Waals surface area contributed by atoms with E-state index in [1.165, 1.54) is 31.4 Å². The molecule has 4 aliphatic rings. The normalized spacial score (nSPS) is 43.5. The van der Waals surface area contributed by atoms with Crippen molar-refractivity contribution in [3.05, 3.63) is 28.7 Å². The largest absolute Gasteiger partial charge is 0.393 e. The molecule has 1 aromatic rings. The van der Waals surface area contributed by atoms with E-state index in [-0.39, 0.29) is 6.10 Å². The minimum absolute atomic E-state index is 0.00105. The van der Waals surface area contributed by atoms with Crippen molar-refractivity contribution >= 4 is 21.6 Å². The SMILES string of the molecule is OC1C2CC3CC1CC(C2)C3Nc1ccc(Br)cc1. The molecule has 4 bridgehead atoms. The maximum absolute atomic E-state index is 10.2. The van der Waals surface area contributed by atoms with Gasteiger partial charge < -0.3 is 10.4 Å². The van der Waals surface area contributed by atoms with Crippen LogP contribution in [0.15, 0.2) is 28.7 Å². The van der Waals surface area contributed by atoms with Crippen LogP contribution in [-0.4, -0.2) is 17.3 Å². The van der Waals surface area contributed by atoms with Crippen LogP contribution in [0.5, 0.6) is 0 Å². The quantitative estimate of drug-likeness (QED) is 0.871. The van der Waals surface area contributed by atoms with Gasteiger partial charge in [0, 0.05) is 16.2 Å². The number of halogens is 1. The molecule has 1 aromatic carbocycles. The third-order valence-electron chi connectivity index (χ3n) is 5.58. The zero-order valence-corrected chi connectivity index (χ0v) is 12.5. The second-order valence-electron chi connectivity index (χ2n) is 6.65. The summed E-state index contributed by atoms with van der Waals surface area (Å²) in [6.45, 7) is 0. The third kappa shape index (κ3) is 2.02. The Morgan fingerprint density at radius 2 is 1.42 bits per heavy atom. The molecular formula is C16H20BrNO. The monoisotopic (exact) mass is 321 g/mol. The van der Waals surface area contributed by atoms with E-state index in [1.54, 1.807) is 0 Å². The lowest BCUT2D eigenvalue weighted by molar-refractivity contribution is -0.0976. The molecule has 0 aromatic heterocycles. The van der Waals surface area contributed by atoms with Crippen molar-refractivity contribution in [1.82, 2.24) is 0 Å². The van der Waals surface area contributed by atoms with Gasteiger partial charge in [0.2, 0.25) is 0 Å². The third-order valence-corrected chi connectivity index (χ3v) is 6.11. The average Bonchev–Trinajstić information content (AvgIpc) is 2.39. The topological polar surface area (TPSA) is 32.3 Å². The van der Waals surface area contributed by atoms with Gasteiger partial charge in [0.15, 0.2) is 0 Å². The van der Waals surface area contributed by atoms with Crippen molar-refractivity contribution in [1.29, 1.82) is 0 Å². The molecule has 4 aliphatic carbocycles. The fourth-order valence-corrected chi connectivity index (χ4v) is 5.09. The highest BCUT2D eigenvalue weighted by molar-refractivity contribution is 9.10. The Balaban J connectivity index is 1.53. The Hall–Kier alpha value is -0.540. The second kappa shape index (κ2) is 4.49. The summed E-state index contributed by atoms with van der Waals surface area (Å²) in [6.07, 6.45) is 4.90. The van der Waals surface area contributed by atoms with Crippen LogP contribution in [-0.2, 0) is 0 Å². The molecule has 5 rings (SSSR count). The van der Waals surface area contributed by atoms with Gasteiger partial charge in [0.25, 0.3) is 0 Å². The molecule has 102 valence electrons. The van der Waals surface area contributed by atoms with E-state index in [1.807, 2.05) is 0 Å². The molecular weight excluding hydrogens is 302 g/mol. The number of anilines is 1. The van der Waals surface area contributed by atoms with E-state index in [4.69, 9.17) is 0 Å². The Kier molecular flexibility index (Phi) is 2.89. The Labute approximate surface area is 122 Å². The summed E-state index contributed by atoms with van der Waals surface area (Å²) < 4.78 is 1.13. The molecule has 19 heavy (non-hydrogen) atoms. The van der Waals surface area contributed by atoms with Gasteiger partial charge in [0.1, 0.15) is 0 Å². The summed E-state index contributed by atoms with van der Waals surface area (Å²) in [5.74, 6) is 2.72. The lowest BCUT2D eigenvalue weighted by Gasteiger charge is -2.56. The van der Waals surface area contributed by atoms with Crippen LogP contribution in [0, 0.1) is 23.7 Å². The standard InChI is InChI=1S/C16H20BrNO/c17-13-1-3-14(4-2-13)18-15-9-5-11-7-10(15)8-12(6-9)16(11)19/h1-4,9-12,15-16,18-19H,5-8H2. The molecule has 0 spiro atoms. The zero-order valence-electron chi connectivity index (χ0n) is 10.9. The van der Waals surface area contributed by atoms with Gasteiger partial charge in [-0.25, -0.2) is 0 Å². The maximum Gasteiger partial charge on any atom is 0.0597 e. The van der Waals surface area contributed by atoms with Gasteiger partial charge >= 0.3 is 0 Å². The minimum Gasteiger partial charge on any atom is -0.393 e. The van der Waals surface area contributed by atoms with Gasteiger partial charge in [-0.2, -0.15) is 0 Å². The molecule has 0 unspecified atom stereocenters. The van der Waals surface area contributed by atoms with Crippen LogP contribution in [0.2, 0.25) is 0 Å². The van der Waals surface area contributed by atoms with E-state index < -0.39 is 0 Å². The van der Waals surface area contributed by atoms with Crippen molar-refractivity contribution in [2.24, 2.45) is 23.7 Å². The highest BCUT2D eigenvalue weighted by Gasteiger charge is 2.52. The first kappa shape index (κ1) is 12.2. The summed E-state index contributed by atoms with van der Waals surface area (Å²) in [5, 5.41) is 14.0. The molecule has 2 N–H and O–H groups in total. The molecule has 0 saturated heterocycles. The van der Waals surface area contributed by atoms with E-state index in [0.717, 1.165) is 16.3 Å². The molecule has 2 nitrogen and oxygen atoms in total. The number of rotatable bonds is 2. The first-order valence-corrected chi connectivity index (χ1v) is 8.20. The molecule has 0 amide bonds. The maximum atomic E-state index is 10.2.